The first-order valence-electron chi connectivity index (χ1n) is 4.39. The number of nitro groups is 2. The first-order chi connectivity index (χ1) is 8.02. The molecule has 0 amide bonds. The van der Waals surface area contributed by atoms with Crippen molar-refractivity contribution in [3.8, 4) is 0 Å². The summed E-state index contributed by atoms with van der Waals surface area (Å²) < 4.78 is 0. The zero-order valence-corrected chi connectivity index (χ0v) is 8.92. The molecule has 0 radical (unpaired) electrons. The molecule has 7 nitrogen and oxygen atoms in total. The molecule has 0 saturated heterocycles. The SMILES string of the molecule is O=[N+]([O-])c1c(Cl)nc2ccccc2c1[N+](=O)[O-]. The molecular formula is C9H4ClN3O4. The fourth-order valence-corrected chi connectivity index (χ4v) is 1.75. The lowest BCUT2D eigenvalue weighted by atomic mass is 10.2. The van der Waals surface area contributed by atoms with Crippen molar-refractivity contribution in [2.24, 2.45) is 0 Å². The monoisotopic (exact) mass is 253 g/mol. The third-order valence-corrected chi connectivity index (χ3v) is 2.43. The Balaban J connectivity index is 2.99. The molecule has 0 unspecified atom stereocenters. The van der Waals surface area contributed by atoms with Crippen LogP contribution in [0.4, 0.5) is 11.4 Å². The minimum Gasteiger partial charge on any atom is -0.258 e. The topological polar surface area (TPSA) is 99.2 Å². The molecule has 1 heterocycles. The molecule has 0 fully saturated rings. The molecule has 2 rings (SSSR count). The zero-order chi connectivity index (χ0) is 12.6. The summed E-state index contributed by atoms with van der Waals surface area (Å²) in [6.07, 6.45) is 0. The van der Waals surface area contributed by atoms with Gasteiger partial charge in [0.1, 0.15) is 0 Å². The van der Waals surface area contributed by atoms with E-state index in [-0.39, 0.29) is 10.9 Å². The number of para-hydroxylation sites is 1. The molecule has 0 bridgehead atoms. The summed E-state index contributed by atoms with van der Waals surface area (Å²) in [7, 11) is 0. The fraction of sp³-hybridized carbons (Fsp3) is 0. The highest BCUT2D eigenvalue weighted by molar-refractivity contribution is 6.32. The van der Waals surface area contributed by atoms with Crippen LogP contribution in [0.15, 0.2) is 24.3 Å². The molecule has 8 heteroatoms. The van der Waals surface area contributed by atoms with Crippen LogP contribution >= 0.6 is 11.6 Å². The minimum absolute atomic E-state index is 0.0913. The highest BCUT2D eigenvalue weighted by Crippen LogP contribution is 2.38. The minimum atomic E-state index is -0.903. The molecule has 0 aliphatic rings. The van der Waals surface area contributed by atoms with Crippen LogP contribution in [0.2, 0.25) is 5.15 Å². The largest absolute Gasteiger partial charge is 0.383 e. The van der Waals surface area contributed by atoms with Gasteiger partial charge in [0.05, 0.1) is 20.7 Å². The molecule has 0 spiro atoms. The van der Waals surface area contributed by atoms with Crippen LogP contribution in [0.1, 0.15) is 0 Å². The molecule has 17 heavy (non-hydrogen) atoms. The number of benzene rings is 1. The number of hydrogen-bond donors (Lipinski definition) is 0. The summed E-state index contributed by atoms with van der Waals surface area (Å²) in [6, 6.07) is 6.04. The summed E-state index contributed by atoms with van der Waals surface area (Å²) in [4.78, 5) is 23.7. The Morgan fingerprint density at radius 2 is 1.65 bits per heavy atom. The first-order valence-corrected chi connectivity index (χ1v) is 4.77. The summed E-state index contributed by atoms with van der Waals surface area (Å²) in [5.41, 5.74) is -1.17. The van der Waals surface area contributed by atoms with Gasteiger partial charge in [0.2, 0.25) is 5.15 Å². The van der Waals surface area contributed by atoms with E-state index in [0.29, 0.717) is 0 Å². The number of fused-ring (bicyclic) bond motifs is 1. The molecule has 0 atom stereocenters. The van der Waals surface area contributed by atoms with Gasteiger partial charge in [0.25, 0.3) is 0 Å². The second-order valence-electron chi connectivity index (χ2n) is 3.13. The van der Waals surface area contributed by atoms with Crippen LogP contribution < -0.4 is 0 Å². The van der Waals surface area contributed by atoms with Crippen LogP contribution in [-0.4, -0.2) is 14.8 Å². The number of pyridine rings is 1. The van der Waals surface area contributed by atoms with Gasteiger partial charge < -0.3 is 0 Å². The standard InChI is InChI=1S/C9H4ClN3O4/c10-9-8(13(16)17)7(12(14)15)5-3-1-2-4-6(5)11-9/h1-4H. The predicted octanol–water partition coefficient (Wildman–Crippen LogP) is 2.70. The quantitative estimate of drug-likeness (QED) is 0.465. The second kappa shape index (κ2) is 3.95. The van der Waals surface area contributed by atoms with Crippen LogP contribution in [0.5, 0.6) is 0 Å². The normalized spacial score (nSPS) is 10.4. The number of nitrogens with zero attached hydrogens (tertiary/aromatic N) is 3. The van der Waals surface area contributed by atoms with Crippen molar-refractivity contribution in [3.63, 3.8) is 0 Å². The maximum atomic E-state index is 10.9. The van der Waals surface area contributed by atoms with E-state index in [1.54, 1.807) is 6.07 Å². The van der Waals surface area contributed by atoms with Crippen molar-refractivity contribution in [3.05, 3.63) is 49.6 Å². The highest BCUT2D eigenvalue weighted by atomic mass is 35.5. The van der Waals surface area contributed by atoms with E-state index in [2.05, 4.69) is 4.98 Å². The van der Waals surface area contributed by atoms with Gasteiger partial charge in [-0.2, -0.15) is 0 Å². The molecule has 0 saturated carbocycles. The van der Waals surface area contributed by atoms with Crippen molar-refractivity contribution in [2.45, 2.75) is 0 Å². The van der Waals surface area contributed by atoms with E-state index in [1.807, 2.05) is 0 Å². The van der Waals surface area contributed by atoms with Crippen molar-refractivity contribution < 1.29 is 9.85 Å². The number of aromatic nitrogens is 1. The number of rotatable bonds is 2. The number of halogens is 1. The van der Waals surface area contributed by atoms with Crippen LogP contribution in [0.25, 0.3) is 10.9 Å². The van der Waals surface area contributed by atoms with Gasteiger partial charge in [-0.1, -0.05) is 23.7 Å². The van der Waals surface area contributed by atoms with E-state index in [9.17, 15) is 20.2 Å². The lowest BCUT2D eigenvalue weighted by Gasteiger charge is -2.01. The van der Waals surface area contributed by atoms with E-state index in [1.165, 1.54) is 18.2 Å². The van der Waals surface area contributed by atoms with Gasteiger partial charge in [0, 0.05) is 0 Å². The summed E-state index contributed by atoms with van der Waals surface area (Å²) >= 11 is 5.59. The van der Waals surface area contributed by atoms with Gasteiger partial charge in [-0.15, -0.1) is 0 Å². The van der Waals surface area contributed by atoms with Crippen molar-refractivity contribution in [1.82, 2.24) is 4.98 Å². The Morgan fingerprint density at radius 3 is 2.24 bits per heavy atom. The van der Waals surface area contributed by atoms with E-state index >= 15 is 0 Å². The molecule has 0 aliphatic heterocycles. The lowest BCUT2D eigenvalue weighted by Crippen LogP contribution is -2.00. The smallest absolute Gasteiger partial charge is 0.258 e. The van der Waals surface area contributed by atoms with Gasteiger partial charge in [0.15, 0.2) is 0 Å². The molecular weight excluding hydrogens is 250 g/mol. The summed E-state index contributed by atoms with van der Waals surface area (Å²) in [5, 5.41) is 21.3. The van der Waals surface area contributed by atoms with E-state index < -0.39 is 26.4 Å². The van der Waals surface area contributed by atoms with Crippen LogP contribution in [-0.2, 0) is 0 Å². The van der Waals surface area contributed by atoms with Gasteiger partial charge in [-0.05, 0) is 12.1 Å². The molecule has 0 aliphatic carbocycles. The molecule has 1 aromatic carbocycles. The average Bonchev–Trinajstić information content (AvgIpc) is 2.26. The maximum Gasteiger partial charge on any atom is 0.383 e. The molecule has 2 aromatic rings. The van der Waals surface area contributed by atoms with Crippen LogP contribution in [0, 0.1) is 20.2 Å². The highest BCUT2D eigenvalue weighted by Gasteiger charge is 2.32. The fourth-order valence-electron chi connectivity index (χ4n) is 1.50. The summed E-state index contributed by atoms with van der Waals surface area (Å²) in [6.45, 7) is 0. The van der Waals surface area contributed by atoms with E-state index in [4.69, 9.17) is 11.6 Å². The first kappa shape index (κ1) is 11.2. The Morgan fingerprint density at radius 1 is 1.06 bits per heavy atom. The van der Waals surface area contributed by atoms with Gasteiger partial charge in [-0.25, -0.2) is 4.98 Å². The van der Waals surface area contributed by atoms with E-state index in [0.717, 1.165) is 0 Å². The second-order valence-corrected chi connectivity index (χ2v) is 3.49. The van der Waals surface area contributed by atoms with Gasteiger partial charge >= 0.3 is 11.4 Å². The average molecular weight is 254 g/mol. The zero-order valence-electron chi connectivity index (χ0n) is 8.16. The Kier molecular flexibility index (Phi) is 2.60. The lowest BCUT2D eigenvalue weighted by molar-refractivity contribution is -0.421. The maximum absolute atomic E-state index is 10.9. The Labute approximate surface area is 98.9 Å². The third kappa shape index (κ3) is 1.76. The predicted molar refractivity (Wildman–Crippen MR) is 60.1 cm³/mol. The van der Waals surface area contributed by atoms with Crippen molar-refractivity contribution in [1.29, 1.82) is 0 Å². The Bertz CT molecular complexity index is 643. The molecule has 0 N–H and O–H groups in total. The van der Waals surface area contributed by atoms with Crippen molar-refractivity contribution in [2.75, 3.05) is 0 Å². The van der Waals surface area contributed by atoms with Crippen molar-refractivity contribution >= 4 is 33.9 Å². The molecule has 86 valence electrons. The van der Waals surface area contributed by atoms with Crippen LogP contribution in [0.3, 0.4) is 0 Å². The Hall–Kier alpha value is -2.28. The molecule has 1 aromatic heterocycles. The van der Waals surface area contributed by atoms with Gasteiger partial charge in [-0.3, -0.25) is 20.2 Å². The summed E-state index contributed by atoms with van der Waals surface area (Å²) in [5.74, 6) is 0. The third-order valence-electron chi connectivity index (χ3n) is 2.16. The number of hydrogen-bond acceptors (Lipinski definition) is 5.